The van der Waals surface area contributed by atoms with Crippen LogP contribution < -0.4 is 5.32 Å². The lowest BCUT2D eigenvalue weighted by Gasteiger charge is -2.42. The number of halogens is 2. The fourth-order valence-electron chi connectivity index (χ4n) is 5.59. The number of benzene rings is 1. The highest BCUT2D eigenvalue weighted by atomic mass is 35.5. The van der Waals surface area contributed by atoms with Crippen LogP contribution in [0.1, 0.15) is 48.9 Å². The Hall–Kier alpha value is -2.29. The van der Waals surface area contributed by atoms with Gasteiger partial charge in [0.1, 0.15) is 5.82 Å². The number of carbonyl (C=O) groups excluding carboxylic acids is 1. The van der Waals surface area contributed by atoms with Gasteiger partial charge in [-0.2, -0.15) is 0 Å². The van der Waals surface area contributed by atoms with Gasteiger partial charge in [0, 0.05) is 49.9 Å². The summed E-state index contributed by atoms with van der Waals surface area (Å²) in [5, 5.41) is 3.54. The first-order valence-corrected chi connectivity index (χ1v) is 12.9. The van der Waals surface area contributed by atoms with E-state index in [2.05, 4.69) is 22.1 Å². The van der Waals surface area contributed by atoms with E-state index in [4.69, 9.17) is 21.3 Å². The number of aromatic nitrogens is 2. The lowest BCUT2D eigenvalue weighted by atomic mass is 9.79. The molecule has 0 unspecified atom stereocenters. The third kappa shape index (κ3) is 5.29. The molecule has 3 aliphatic rings. The maximum absolute atomic E-state index is 14.3. The molecule has 3 aliphatic heterocycles. The van der Waals surface area contributed by atoms with Crippen LogP contribution in [0.25, 0.3) is 0 Å². The topological polar surface area (TPSA) is 70.6 Å². The average Bonchev–Trinajstić information content (AvgIpc) is 2.85. The Morgan fingerprint density at radius 3 is 2.83 bits per heavy atom. The molecule has 1 aromatic heterocycles. The third-order valence-corrected chi connectivity index (χ3v) is 7.97. The van der Waals surface area contributed by atoms with Crippen LogP contribution in [0, 0.1) is 11.7 Å². The summed E-state index contributed by atoms with van der Waals surface area (Å²) in [6.07, 6.45) is 5.24. The minimum atomic E-state index is -0.440. The predicted molar refractivity (Wildman–Crippen MR) is 133 cm³/mol. The molecule has 0 spiro atoms. The predicted octanol–water partition coefficient (Wildman–Crippen LogP) is 3.87. The number of piperidine rings is 1. The molecule has 7 nitrogen and oxygen atoms in total. The Labute approximate surface area is 211 Å². The highest BCUT2D eigenvalue weighted by molar-refractivity contribution is 6.30. The van der Waals surface area contributed by atoms with E-state index < -0.39 is 5.82 Å². The summed E-state index contributed by atoms with van der Waals surface area (Å²) >= 11 is 5.93. The number of fused-ring (bicyclic) bond motifs is 1. The minimum absolute atomic E-state index is 0.0511. The van der Waals surface area contributed by atoms with Crippen molar-refractivity contribution in [2.45, 2.75) is 57.2 Å². The molecule has 0 saturated carbocycles. The van der Waals surface area contributed by atoms with Gasteiger partial charge < -0.3 is 19.9 Å². The van der Waals surface area contributed by atoms with Gasteiger partial charge in [-0.3, -0.25) is 4.79 Å². The second-order valence-corrected chi connectivity index (χ2v) is 10.6. The number of nitrogens with zero attached hydrogens (tertiary/aromatic N) is 4. The van der Waals surface area contributed by atoms with Gasteiger partial charge in [-0.25, -0.2) is 14.4 Å². The molecule has 2 fully saturated rings. The molecule has 1 aromatic carbocycles. The summed E-state index contributed by atoms with van der Waals surface area (Å²) in [5.41, 5.74) is 2.83. The quantitative estimate of drug-likeness (QED) is 0.686. The average molecular weight is 502 g/mol. The molecule has 1 N–H and O–H groups in total. The Kier molecular flexibility index (Phi) is 7.23. The summed E-state index contributed by atoms with van der Waals surface area (Å²) < 4.78 is 19.7. The van der Waals surface area contributed by atoms with Crippen molar-refractivity contribution in [1.29, 1.82) is 0 Å². The van der Waals surface area contributed by atoms with Gasteiger partial charge in [-0.15, -0.1) is 0 Å². The van der Waals surface area contributed by atoms with Crippen molar-refractivity contribution in [3.8, 4) is 0 Å². The van der Waals surface area contributed by atoms with E-state index in [1.165, 1.54) is 6.07 Å². The van der Waals surface area contributed by atoms with E-state index in [1.54, 1.807) is 6.07 Å². The number of anilines is 1. The van der Waals surface area contributed by atoms with Crippen molar-refractivity contribution in [3.63, 3.8) is 0 Å². The normalized spacial score (nSPS) is 25.8. The van der Waals surface area contributed by atoms with Gasteiger partial charge in [0.2, 0.25) is 11.9 Å². The minimum Gasteiger partial charge on any atom is -0.381 e. The Balaban J connectivity index is 1.35. The molecule has 4 heterocycles. The molecule has 0 bridgehead atoms. The summed E-state index contributed by atoms with van der Waals surface area (Å²) in [6, 6.07) is 5.29. The number of carbonyl (C=O) groups is 1. The van der Waals surface area contributed by atoms with Crippen LogP contribution in [0.3, 0.4) is 0 Å². The number of ether oxygens (including phenoxy) is 1. The SMILES string of the molecule is C[C@@H]1Cc2cnc(NC3CCOCC3)nc2CN1C(=O)[C@@H]1CCN(C)C[C@@H]1c1ccc(Cl)c(F)c1. The van der Waals surface area contributed by atoms with Gasteiger partial charge in [-0.1, -0.05) is 17.7 Å². The molecule has 9 heteroatoms. The molecule has 0 aliphatic carbocycles. The zero-order valence-corrected chi connectivity index (χ0v) is 21.1. The molecule has 0 radical (unpaired) electrons. The van der Waals surface area contributed by atoms with Crippen LogP contribution in [-0.2, 0) is 22.5 Å². The van der Waals surface area contributed by atoms with Crippen LogP contribution in [-0.4, -0.2) is 71.1 Å². The molecule has 188 valence electrons. The van der Waals surface area contributed by atoms with Crippen molar-refractivity contribution in [2.24, 2.45) is 5.92 Å². The number of likely N-dealkylation sites (N-methyl/N-ethyl adjacent to an activating group) is 1. The third-order valence-electron chi connectivity index (χ3n) is 7.66. The Morgan fingerprint density at radius 1 is 1.26 bits per heavy atom. The van der Waals surface area contributed by atoms with E-state index in [1.807, 2.05) is 24.2 Å². The first-order valence-electron chi connectivity index (χ1n) is 12.5. The van der Waals surface area contributed by atoms with E-state index in [-0.39, 0.29) is 28.8 Å². The summed E-state index contributed by atoms with van der Waals surface area (Å²) in [4.78, 5) is 27.4. The molecule has 2 saturated heterocycles. The summed E-state index contributed by atoms with van der Waals surface area (Å²) in [7, 11) is 2.05. The van der Waals surface area contributed by atoms with Gasteiger partial charge in [0.05, 0.1) is 17.3 Å². The molecular weight excluding hydrogens is 469 g/mol. The van der Waals surface area contributed by atoms with Crippen molar-refractivity contribution in [1.82, 2.24) is 19.8 Å². The van der Waals surface area contributed by atoms with Gasteiger partial charge in [-0.05, 0) is 69.5 Å². The monoisotopic (exact) mass is 501 g/mol. The largest absolute Gasteiger partial charge is 0.381 e. The molecule has 2 aromatic rings. The van der Waals surface area contributed by atoms with Crippen LogP contribution in [0.4, 0.5) is 10.3 Å². The first-order chi connectivity index (χ1) is 16.9. The van der Waals surface area contributed by atoms with E-state index in [0.29, 0.717) is 25.1 Å². The number of likely N-dealkylation sites (tertiary alicyclic amines) is 1. The van der Waals surface area contributed by atoms with Crippen molar-refractivity contribution in [3.05, 3.63) is 52.1 Å². The molecule has 1 amide bonds. The van der Waals surface area contributed by atoms with Crippen LogP contribution in [0.15, 0.2) is 24.4 Å². The zero-order chi connectivity index (χ0) is 24.5. The second-order valence-electron chi connectivity index (χ2n) is 10.2. The molecule has 5 rings (SSSR count). The number of hydrogen-bond acceptors (Lipinski definition) is 6. The lowest BCUT2D eigenvalue weighted by Crippen LogP contribution is -2.50. The first kappa shape index (κ1) is 24.4. The van der Waals surface area contributed by atoms with Gasteiger partial charge >= 0.3 is 0 Å². The smallest absolute Gasteiger partial charge is 0.227 e. The lowest BCUT2D eigenvalue weighted by molar-refractivity contribution is -0.141. The molecule has 35 heavy (non-hydrogen) atoms. The molecule has 3 atom stereocenters. The Morgan fingerprint density at radius 2 is 2.06 bits per heavy atom. The fraction of sp³-hybridized carbons (Fsp3) is 0.577. The standard InChI is InChI=1S/C26H33ClFN5O2/c1-16-11-18-13-29-26(30-19-6-9-35-10-7-19)31-24(18)15-33(16)25(34)20-5-8-32(2)14-21(20)17-3-4-22(27)23(28)12-17/h3-4,12-13,16,19-21H,5-11,14-15H2,1-2H3,(H,29,30,31)/t16-,20-,21-/m1/s1. The number of nitrogens with one attached hydrogen (secondary N) is 1. The maximum atomic E-state index is 14.3. The summed E-state index contributed by atoms with van der Waals surface area (Å²) in [5.74, 6) is 0.000828. The maximum Gasteiger partial charge on any atom is 0.227 e. The highest BCUT2D eigenvalue weighted by Crippen LogP contribution is 2.36. The molecular formula is C26H33ClFN5O2. The van der Waals surface area contributed by atoms with E-state index in [9.17, 15) is 9.18 Å². The van der Waals surface area contributed by atoms with Crippen molar-refractivity contribution in [2.75, 3.05) is 38.7 Å². The van der Waals surface area contributed by atoms with E-state index in [0.717, 1.165) is 62.3 Å². The van der Waals surface area contributed by atoms with Crippen molar-refractivity contribution >= 4 is 23.5 Å². The number of rotatable bonds is 4. The zero-order valence-electron chi connectivity index (χ0n) is 20.3. The summed E-state index contributed by atoms with van der Waals surface area (Å²) in [6.45, 7) is 5.59. The van der Waals surface area contributed by atoms with Gasteiger partial charge in [0.25, 0.3) is 0 Å². The highest BCUT2D eigenvalue weighted by Gasteiger charge is 2.39. The van der Waals surface area contributed by atoms with Gasteiger partial charge in [0.15, 0.2) is 0 Å². The Bertz CT molecular complexity index is 1080. The van der Waals surface area contributed by atoms with Crippen LogP contribution in [0.2, 0.25) is 5.02 Å². The van der Waals surface area contributed by atoms with Crippen LogP contribution in [0.5, 0.6) is 0 Å². The second kappa shape index (κ2) is 10.4. The number of amides is 1. The van der Waals surface area contributed by atoms with E-state index >= 15 is 0 Å². The van der Waals surface area contributed by atoms with Crippen LogP contribution >= 0.6 is 11.6 Å². The fourth-order valence-corrected chi connectivity index (χ4v) is 5.71. The van der Waals surface area contributed by atoms with Crippen molar-refractivity contribution < 1.29 is 13.9 Å². The number of hydrogen-bond donors (Lipinski definition) is 1.